The molecule has 1 unspecified atom stereocenters. The number of benzene rings is 2. The molecule has 0 amide bonds. The molecular formula is C23H20N2O5. The second kappa shape index (κ2) is 7.48. The van der Waals surface area contributed by atoms with E-state index in [9.17, 15) is 10.1 Å². The molecule has 0 saturated heterocycles. The van der Waals surface area contributed by atoms with Crippen molar-refractivity contribution in [1.29, 1.82) is 5.26 Å². The van der Waals surface area contributed by atoms with Crippen LogP contribution in [-0.2, 0) is 0 Å². The van der Waals surface area contributed by atoms with Gasteiger partial charge in [0.2, 0.25) is 5.88 Å². The molecule has 2 aromatic carbocycles. The van der Waals surface area contributed by atoms with Gasteiger partial charge in [-0.2, -0.15) is 5.26 Å². The molecule has 152 valence electrons. The molecule has 0 aliphatic carbocycles. The maximum atomic E-state index is 12.9. The van der Waals surface area contributed by atoms with Gasteiger partial charge in [0.15, 0.2) is 17.2 Å². The fourth-order valence-electron chi connectivity index (χ4n) is 3.61. The van der Waals surface area contributed by atoms with Crippen LogP contribution in [0.1, 0.15) is 30.9 Å². The lowest BCUT2D eigenvalue weighted by Crippen LogP contribution is -2.26. The molecule has 2 heterocycles. The van der Waals surface area contributed by atoms with Crippen LogP contribution in [0, 0.1) is 11.3 Å². The normalized spacial score (nSPS) is 15.5. The zero-order valence-electron chi connectivity index (χ0n) is 16.8. The quantitative estimate of drug-likeness (QED) is 0.659. The van der Waals surface area contributed by atoms with E-state index in [2.05, 4.69) is 6.07 Å². The number of hydrogen-bond donors (Lipinski definition) is 1. The smallest absolute Gasteiger partial charge is 0.344 e. The van der Waals surface area contributed by atoms with Gasteiger partial charge in [0, 0.05) is 0 Å². The van der Waals surface area contributed by atoms with Crippen LogP contribution in [0.4, 0.5) is 0 Å². The van der Waals surface area contributed by atoms with E-state index < -0.39 is 11.5 Å². The lowest BCUT2D eigenvalue weighted by molar-refractivity contribution is 0.230. The number of nitriles is 1. The van der Waals surface area contributed by atoms with Crippen molar-refractivity contribution in [2.45, 2.75) is 25.9 Å². The first-order chi connectivity index (χ1) is 14.4. The minimum Gasteiger partial charge on any atom is -0.493 e. The summed E-state index contributed by atoms with van der Waals surface area (Å²) < 4.78 is 22.5. The number of ether oxygens (including phenoxy) is 3. The lowest BCUT2D eigenvalue weighted by Gasteiger charge is -2.26. The van der Waals surface area contributed by atoms with Gasteiger partial charge in [0.05, 0.1) is 30.1 Å². The molecule has 0 spiro atoms. The topological polar surface area (TPSA) is 108 Å². The summed E-state index contributed by atoms with van der Waals surface area (Å²) >= 11 is 0. The maximum Gasteiger partial charge on any atom is 0.344 e. The van der Waals surface area contributed by atoms with Gasteiger partial charge in [0.25, 0.3) is 0 Å². The van der Waals surface area contributed by atoms with Gasteiger partial charge in [-0.3, -0.25) is 0 Å². The predicted molar refractivity (Wildman–Crippen MR) is 111 cm³/mol. The van der Waals surface area contributed by atoms with Crippen molar-refractivity contribution in [2.24, 2.45) is 5.73 Å². The Bertz CT molecular complexity index is 1270. The van der Waals surface area contributed by atoms with Crippen LogP contribution in [0.2, 0.25) is 0 Å². The van der Waals surface area contributed by atoms with E-state index in [1.54, 1.807) is 36.4 Å². The van der Waals surface area contributed by atoms with Crippen LogP contribution in [0.3, 0.4) is 0 Å². The first-order valence-electron chi connectivity index (χ1n) is 9.42. The fourth-order valence-corrected chi connectivity index (χ4v) is 3.61. The maximum absolute atomic E-state index is 12.9. The summed E-state index contributed by atoms with van der Waals surface area (Å²) in [5, 5.41) is 10.4. The van der Waals surface area contributed by atoms with Gasteiger partial charge in [-0.25, -0.2) is 4.79 Å². The van der Waals surface area contributed by atoms with Crippen molar-refractivity contribution < 1.29 is 18.6 Å². The molecule has 4 rings (SSSR count). The van der Waals surface area contributed by atoms with Gasteiger partial charge in [-0.05, 0) is 43.7 Å². The van der Waals surface area contributed by atoms with Crippen molar-refractivity contribution in [1.82, 2.24) is 0 Å². The standard InChI is InChI=1S/C23H20N2O5/c1-12(2)28-17-9-8-13(10-18(17)27-3)19-15(11-24)22(25)30-21-14-6-4-5-7-16(14)29-23(26)20(19)21/h4-10,12,19H,25H2,1-3H3. The molecule has 1 atom stereocenters. The van der Waals surface area contributed by atoms with Crippen LogP contribution < -0.4 is 25.6 Å². The van der Waals surface area contributed by atoms with Crippen molar-refractivity contribution in [3.8, 4) is 23.3 Å². The van der Waals surface area contributed by atoms with Gasteiger partial charge >= 0.3 is 5.63 Å². The number of methoxy groups -OCH3 is 1. The molecule has 0 saturated carbocycles. The number of para-hydroxylation sites is 1. The number of nitrogens with zero attached hydrogens (tertiary/aromatic N) is 1. The Labute approximate surface area is 172 Å². The summed E-state index contributed by atoms with van der Waals surface area (Å²) in [5.74, 6) is 0.526. The summed E-state index contributed by atoms with van der Waals surface area (Å²) in [6, 6.07) is 14.4. The first-order valence-corrected chi connectivity index (χ1v) is 9.42. The Kier molecular flexibility index (Phi) is 4.84. The highest BCUT2D eigenvalue weighted by molar-refractivity contribution is 5.86. The van der Waals surface area contributed by atoms with E-state index in [0.29, 0.717) is 33.8 Å². The highest BCUT2D eigenvalue weighted by Gasteiger charge is 2.35. The minimum atomic E-state index is -0.762. The van der Waals surface area contributed by atoms with Crippen molar-refractivity contribution in [3.63, 3.8) is 0 Å². The van der Waals surface area contributed by atoms with Crippen LogP contribution in [0.25, 0.3) is 11.0 Å². The van der Waals surface area contributed by atoms with E-state index in [-0.39, 0.29) is 23.1 Å². The lowest BCUT2D eigenvalue weighted by atomic mass is 9.83. The molecule has 7 heteroatoms. The third-order valence-corrected chi connectivity index (χ3v) is 4.86. The van der Waals surface area contributed by atoms with E-state index in [0.717, 1.165) is 0 Å². The van der Waals surface area contributed by atoms with Crippen LogP contribution >= 0.6 is 0 Å². The molecule has 0 bridgehead atoms. The Hall–Kier alpha value is -3.92. The molecule has 2 N–H and O–H groups in total. The summed E-state index contributed by atoms with van der Waals surface area (Å²) in [6.07, 6.45) is -0.0443. The number of hydrogen-bond acceptors (Lipinski definition) is 7. The average Bonchev–Trinajstić information content (AvgIpc) is 2.73. The van der Waals surface area contributed by atoms with Gasteiger partial charge < -0.3 is 24.4 Å². The highest BCUT2D eigenvalue weighted by atomic mass is 16.5. The Morgan fingerprint density at radius 1 is 1.17 bits per heavy atom. The van der Waals surface area contributed by atoms with E-state index in [1.165, 1.54) is 7.11 Å². The summed E-state index contributed by atoms with van der Waals surface area (Å²) in [7, 11) is 1.53. The molecule has 1 aliphatic heterocycles. The summed E-state index contributed by atoms with van der Waals surface area (Å²) in [5.41, 5.74) is 6.86. The van der Waals surface area contributed by atoms with Crippen LogP contribution in [0.5, 0.6) is 17.2 Å². The van der Waals surface area contributed by atoms with Gasteiger partial charge in [-0.15, -0.1) is 0 Å². The highest BCUT2D eigenvalue weighted by Crippen LogP contribution is 2.45. The Morgan fingerprint density at radius 2 is 1.93 bits per heavy atom. The molecule has 0 fully saturated rings. The fraction of sp³-hybridized carbons (Fsp3) is 0.217. The van der Waals surface area contributed by atoms with Crippen molar-refractivity contribution >= 4 is 11.0 Å². The van der Waals surface area contributed by atoms with Gasteiger partial charge in [-0.1, -0.05) is 18.2 Å². The molecule has 1 aliphatic rings. The molecule has 1 aromatic heterocycles. The number of fused-ring (bicyclic) bond motifs is 3. The first kappa shape index (κ1) is 19.4. The van der Waals surface area contributed by atoms with E-state index >= 15 is 0 Å². The second-order valence-electron chi connectivity index (χ2n) is 7.13. The Balaban J connectivity index is 1.97. The third-order valence-electron chi connectivity index (χ3n) is 4.86. The van der Waals surface area contributed by atoms with Crippen LogP contribution in [0.15, 0.2) is 63.1 Å². The van der Waals surface area contributed by atoms with E-state index in [1.807, 2.05) is 19.9 Å². The zero-order chi connectivity index (χ0) is 21.4. The van der Waals surface area contributed by atoms with Crippen molar-refractivity contribution in [2.75, 3.05) is 7.11 Å². The van der Waals surface area contributed by atoms with Crippen LogP contribution in [-0.4, -0.2) is 13.2 Å². The Morgan fingerprint density at radius 3 is 2.63 bits per heavy atom. The molecule has 30 heavy (non-hydrogen) atoms. The third kappa shape index (κ3) is 3.12. The summed E-state index contributed by atoms with van der Waals surface area (Å²) in [4.78, 5) is 12.9. The molecule has 0 radical (unpaired) electrons. The predicted octanol–water partition coefficient (Wildman–Crippen LogP) is 3.81. The SMILES string of the molecule is COc1cc(C2C(C#N)=C(N)Oc3c2c(=O)oc2ccccc32)ccc1OC(C)C. The number of allylic oxidation sites excluding steroid dienone is 1. The minimum absolute atomic E-state index is 0.0443. The van der Waals surface area contributed by atoms with E-state index in [4.69, 9.17) is 24.4 Å². The zero-order valence-corrected chi connectivity index (χ0v) is 16.8. The number of rotatable bonds is 4. The molecular weight excluding hydrogens is 384 g/mol. The molecule has 7 nitrogen and oxygen atoms in total. The number of nitrogens with two attached hydrogens (primary N) is 1. The molecule has 3 aromatic rings. The van der Waals surface area contributed by atoms with Gasteiger partial charge in [0.1, 0.15) is 17.2 Å². The monoisotopic (exact) mass is 404 g/mol. The van der Waals surface area contributed by atoms with Crippen molar-refractivity contribution in [3.05, 3.63) is 75.5 Å². The average molecular weight is 404 g/mol. The largest absolute Gasteiger partial charge is 0.493 e. The second-order valence-corrected chi connectivity index (χ2v) is 7.13. The summed E-state index contributed by atoms with van der Waals surface area (Å²) in [6.45, 7) is 3.82.